The summed E-state index contributed by atoms with van der Waals surface area (Å²) in [5.41, 5.74) is 8.93. The van der Waals surface area contributed by atoms with Crippen molar-refractivity contribution in [2.24, 2.45) is 11.7 Å². The molecule has 0 heterocycles. The molecule has 2 rings (SSSR count). The Kier molecular flexibility index (Phi) is 5.77. The summed E-state index contributed by atoms with van der Waals surface area (Å²) in [5, 5.41) is 2.89. The van der Waals surface area contributed by atoms with Gasteiger partial charge >= 0.3 is 0 Å². The number of likely N-dealkylation sites (N-methyl/N-ethyl adjacent to an activating group) is 1. The van der Waals surface area contributed by atoms with Crippen molar-refractivity contribution in [2.45, 2.75) is 45.6 Å². The van der Waals surface area contributed by atoms with Crippen LogP contribution in [-0.2, 0) is 9.59 Å². The number of aryl methyl sites for hydroxylation is 1. The second-order valence-corrected chi connectivity index (χ2v) is 6.61. The molecule has 0 aliphatic heterocycles. The molecule has 0 aromatic heterocycles. The molecule has 0 spiro atoms. The van der Waals surface area contributed by atoms with Gasteiger partial charge in [-0.1, -0.05) is 18.6 Å². The first-order valence-corrected chi connectivity index (χ1v) is 8.25. The van der Waals surface area contributed by atoms with E-state index in [0.29, 0.717) is 0 Å². The van der Waals surface area contributed by atoms with Crippen molar-refractivity contribution in [3.63, 3.8) is 0 Å². The van der Waals surface area contributed by atoms with Crippen LogP contribution in [0.25, 0.3) is 0 Å². The molecule has 2 unspecified atom stereocenters. The van der Waals surface area contributed by atoms with Gasteiger partial charge in [-0.25, -0.2) is 0 Å². The first-order valence-electron chi connectivity index (χ1n) is 8.25. The number of carbonyl (C=O) groups is 2. The van der Waals surface area contributed by atoms with Crippen molar-refractivity contribution in [3.05, 3.63) is 29.3 Å². The van der Waals surface area contributed by atoms with Gasteiger partial charge in [-0.3, -0.25) is 9.59 Å². The molecule has 1 aliphatic carbocycles. The van der Waals surface area contributed by atoms with Crippen LogP contribution < -0.4 is 11.1 Å². The summed E-state index contributed by atoms with van der Waals surface area (Å²) in [6.45, 7) is 4.05. The smallest absolute Gasteiger partial charge is 0.243 e. The minimum absolute atomic E-state index is 0.0243. The number of hydrogen-bond acceptors (Lipinski definition) is 3. The van der Waals surface area contributed by atoms with E-state index in [9.17, 15) is 9.59 Å². The van der Waals surface area contributed by atoms with E-state index in [1.807, 2.05) is 32.0 Å². The topological polar surface area (TPSA) is 75.4 Å². The fourth-order valence-electron chi connectivity index (χ4n) is 3.13. The highest BCUT2D eigenvalue weighted by Crippen LogP contribution is 2.24. The number of nitrogens with zero attached hydrogens (tertiary/aromatic N) is 1. The Labute approximate surface area is 138 Å². The van der Waals surface area contributed by atoms with Gasteiger partial charge in [-0.15, -0.1) is 0 Å². The molecule has 0 radical (unpaired) electrons. The van der Waals surface area contributed by atoms with E-state index in [2.05, 4.69) is 5.32 Å². The van der Waals surface area contributed by atoms with Crippen molar-refractivity contribution in [1.82, 2.24) is 4.90 Å². The highest BCUT2D eigenvalue weighted by atomic mass is 16.2. The molecule has 1 fully saturated rings. The number of carbonyl (C=O) groups excluding carboxylic acids is 2. The van der Waals surface area contributed by atoms with E-state index >= 15 is 0 Å². The van der Waals surface area contributed by atoms with E-state index in [-0.39, 0.29) is 30.3 Å². The number of rotatable bonds is 4. The molecule has 2 atom stereocenters. The van der Waals surface area contributed by atoms with Crippen LogP contribution in [0.2, 0.25) is 0 Å². The SMILES string of the molecule is Cc1cccc(NC(=O)CN(C)C(=O)C2CCCC(N)C2)c1C. The molecular formula is C18H27N3O2. The molecule has 2 amide bonds. The lowest BCUT2D eigenvalue weighted by Gasteiger charge is -2.29. The molecule has 1 aromatic rings. The zero-order valence-electron chi connectivity index (χ0n) is 14.3. The summed E-state index contributed by atoms with van der Waals surface area (Å²) in [6.07, 6.45) is 3.57. The van der Waals surface area contributed by atoms with Gasteiger partial charge in [-0.05, 0) is 50.3 Å². The van der Waals surface area contributed by atoms with Crippen LogP contribution >= 0.6 is 0 Å². The third kappa shape index (κ3) is 4.55. The summed E-state index contributed by atoms with van der Waals surface area (Å²) < 4.78 is 0. The van der Waals surface area contributed by atoms with Crippen LogP contribution in [0.5, 0.6) is 0 Å². The molecule has 5 nitrogen and oxygen atoms in total. The van der Waals surface area contributed by atoms with Gasteiger partial charge in [0.2, 0.25) is 11.8 Å². The monoisotopic (exact) mass is 317 g/mol. The van der Waals surface area contributed by atoms with Gasteiger partial charge < -0.3 is 16.0 Å². The maximum atomic E-state index is 12.4. The Balaban J connectivity index is 1.91. The van der Waals surface area contributed by atoms with Crippen LogP contribution in [0.3, 0.4) is 0 Å². The molecule has 3 N–H and O–H groups in total. The van der Waals surface area contributed by atoms with Gasteiger partial charge in [-0.2, -0.15) is 0 Å². The summed E-state index contributed by atoms with van der Waals surface area (Å²) in [6, 6.07) is 5.90. The van der Waals surface area contributed by atoms with E-state index in [1.54, 1.807) is 7.05 Å². The minimum Gasteiger partial charge on any atom is -0.336 e. The Morgan fingerprint density at radius 3 is 2.74 bits per heavy atom. The number of amides is 2. The predicted octanol–water partition coefficient (Wildman–Crippen LogP) is 2.22. The Bertz CT molecular complexity index is 586. The van der Waals surface area contributed by atoms with Gasteiger partial charge in [0.05, 0.1) is 6.54 Å². The zero-order valence-corrected chi connectivity index (χ0v) is 14.3. The Morgan fingerprint density at radius 1 is 1.30 bits per heavy atom. The van der Waals surface area contributed by atoms with Gasteiger partial charge in [0.1, 0.15) is 0 Å². The van der Waals surface area contributed by atoms with Gasteiger partial charge in [0.25, 0.3) is 0 Å². The molecule has 0 saturated heterocycles. The third-order valence-electron chi connectivity index (χ3n) is 4.70. The minimum atomic E-state index is -0.172. The van der Waals surface area contributed by atoms with Crippen LogP contribution in [0.15, 0.2) is 18.2 Å². The van der Waals surface area contributed by atoms with Crippen molar-refractivity contribution in [2.75, 3.05) is 18.9 Å². The summed E-state index contributed by atoms with van der Waals surface area (Å²) in [5.74, 6) is -0.192. The Morgan fingerprint density at radius 2 is 2.04 bits per heavy atom. The maximum absolute atomic E-state index is 12.4. The summed E-state index contributed by atoms with van der Waals surface area (Å²) in [7, 11) is 1.69. The second-order valence-electron chi connectivity index (χ2n) is 6.61. The average Bonchev–Trinajstić information content (AvgIpc) is 2.51. The highest BCUT2D eigenvalue weighted by Gasteiger charge is 2.28. The average molecular weight is 317 g/mol. The number of anilines is 1. The first-order chi connectivity index (χ1) is 10.9. The number of nitrogens with two attached hydrogens (primary N) is 1. The molecule has 1 aliphatic rings. The van der Waals surface area contributed by atoms with Crippen molar-refractivity contribution in [1.29, 1.82) is 0 Å². The molecule has 5 heteroatoms. The summed E-state index contributed by atoms with van der Waals surface area (Å²) >= 11 is 0. The molecular weight excluding hydrogens is 290 g/mol. The summed E-state index contributed by atoms with van der Waals surface area (Å²) in [4.78, 5) is 26.2. The Hall–Kier alpha value is -1.88. The lowest BCUT2D eigenvalue weighted by molar-refractivity contribution is -0.138. The zero-order chi connectivity index (χ0) is 17.0. The quantitative estimate of drug-likeness (QED) is 0.894. The standard InChI is InChI=1S/C18H27N3O2/c1-12-6-4-9-16(13(12)2)20-17(22)11-21(3)18(23)14-7-5-8-15(19)10-14/h4,6,9,14-15H,5,7-8,10-11,19H2,1-3H3,(H,20,22). The maximum Gasteiger partial charge on any atom is 0.243 e. The van der Waals surface area contributed by atoms with E-state index in [1.165, 1.54) is 4.90 Å². The van der Waals surface area contributed by atoms with Crippen LogP contribution in [0.1, 0.15) is 36.8 Å². The molecule has 23 heavy (non-hydrogen) atoms. The van der Waals surface area contributed by atoms with Crippen LogP contribution in [-0.4, -0.2) is 36.3 Å². The third-order valence-corrected chi connectivity index (χ3v) is 4.70. The second kappa shape index (κ2) is 7.59. The van der Waals surface area contributed by atoms with E-state index in [0.717, 1.165) is 42.5 Å². The van der Waals surface area contributed by atoms with Gasteiger partial charge in [0.15, 0.2) is 0 Å². The number of hydrogen-bond donors (Lipinski definition) is 2. The first kappa shape index (κ1) is 17.5. The fraction of sp³-hybridized carbons (Fsp3) is 0.556. The highest BCUT2D eigenvalue weighted by molar-refractivity contribution is 5.95. The van der Waals surface area contributed by atoms with Crippen molar-refractivity contribution < 1.29 is 9.59 Å². The van der Waals surface area contributed by atoms with Crippen LogP contribution in [0, 0.1) is 19.8 Å². The molecule has 126 valence electrons. The largest absolute Gasteiger partial charge is 0.336 e. The predicted molar refractivity (Wildman–Crippen MR) is 92.1 cm³/mol. The molecule has 1 saturated carbocycles. The molecule has 0 bridgehead atoms. The lowest BCUT2D eigenvalue weighted by Crippen LogP contribution is -2.41. The lowest BCUT2D eigenvalue weighted by atomic mass is 9.85. The number of benzene rings is 1. The van der Waals surface area contributed by atoms with E-state index < -0.39 is 0 Å². The fourth-order valence-corrected chi connectivity index (χ4v) is 3.13. The number of nitrogens with one attached hydrogen (secondary N) is 1. The molecule has 1 aromatic carbocycles. The van der Waals surface area contributed by atoms with Crippen molar-refractivity contribution in [3.8, 4) is 0 Å². The normalized spacial score (nSPS) is 20.9. The van der Waals surface area contributed by atoms with E-state index in [4.69, 9.17) is 5.73 Å². The van der Waals surface area contributed by atoms with Gasteiger partial charge in [0, 0.05) is 24.7 Å². The van der Waals surface area contributed by atoms with Crippen LogP contribution in [0.4, 0.5) is 5.69 Å². The van der Waals surface area contributed by atoms with Crippen molar-refractivity contribution >= 4 is 17.5 Å².